The van der Waals surface area contributed by atoms with Crippen LogP contribution in [0, 0.1) is 0 Å². The van der Waals surface area contributed by atoms with Crippen LogP contribution in [0.4, 0.5) is 0 Å². The first kappa shape index (κ1) is 23.8. The summed E-state index contributed by atoms with van der Waals surface area (Å²) in [4.78, 5) is 20.6. The van der Waals surface area contributed by atoms with Gasteiger partial charge in [-0.15, -0.1) is 0 Å². The molecule has 0 radical (unpaired) electrons. The van der Waals surface area contributed by atoms with Crippen LogP contribution in [0.15, 0.2) is 91.6 Å². The van der Waals surface area contributed by atoms with E-state index in [2.05, 4.69) is 31.9 Å². The molecule has 0 aliphatic carbocycles. The van der Waals surface area contributed by atoms with Gasteiger partial charge in [0.2, 0.25) is 0 Å². The molecule has 1 aliphatic rings. The predicted molar refractivity (Wildman–Crippen MR) is 143 cm³/mol. The van der Waals surface area contributed by atoms with E-state index in [1.54, 1.807) is 4.90 Å². The minimum Gasteiger partial charge on any atom is -0.492 e. The Kier molecular flexibility index (Phi) is 8.06. The van der Waals surface area contributed by atoms with E-state index in [-0.39, 0.29) is 5.91 Å². The Labute approximate surface area is 215 Å². The van der Waals surface area contributed by atoms with Gasteiger partial charge in [-0.3, -0.25) is 14.7 Å². The fraction of sp³-hybridized carbons (Fsp3) is 0.154. The summed E-state index contributed by atoms with van der Waals surface area (Å²) in [5, 5.41) is 0.711. The van der Waals surface area contributed by atoms with Crippen molar-refractivity contribution in [1.29, 1.82) is 0 Å². The lowest BCUT2D eigenvalue weighted by molar-refractivity contribution is -0.122. The van der Waals surface area contributed by atoms with E-state index in [1.165, 1.54) is 11.8 Å². The number of aliphatic imine (C=N–C) groups is 1. The third kappa shape index (κ3) is 5.96. The van der Waals surface area contributed by atoms with Crippen LogP contribution in [0.5, 0.6) is 5.75 Å². The maximum absolute atomic E-state index is 13.4. The standard InChI is InChI=1S/C26H22Br2N2O2S/c1-2-32-24-21(27)13-20(14-22(24)28)15-23-25(31)30(17-19-11-7-4-8-12-19)26(33-23)29-16-18-9-5-3-6-10-18/h3-15H,2,16-17H2,1H3/b23-15+,29-26?. The molecule has 3 aromatic carbocycles. The Balaban J connectivity index is 1.65. The zero-order chi connectivity index (χ0) is 23.2. The highest BCUT2D eigenvalue weighted by Crippen LogP contribution is 2.38. The highest BCUT2D eigenvalue weighted by atomic mass is 79.9. The van der Waals surface area contributed by atoms with Crippen LogP contribution in [-0.2, 0) is 17.9 Å². The topological polar surface area (TPSA) is 41.9 Å². The number of rotatable bonds is 7. The molecule has 0 aromatic heterocycles. The molecular weight excluding hydrogens is 564 g/mol. The smallest absolute Gasteiger partial charge is 0.267 e. The van der Waals surface area contributed by atoms with Crippen LogP contribution in [0.25, 0.3) is 6.08 Å². The second-order valence-corrected chi connectivity index (χ2v) is 10.0. The van der Waals surface area contributed by atoms with Crippen molar-refractivity contribution in [2.75, 3.05) is 6.61 Å². The van der Waals surface area contributed by atoms with E-state index in [9.17, 15) is 4.79 Å². The van der Waals surface area contributed by atoms with Gasteiger partial charge in [-0.25, -0.2) is 0 Å². The van der Waals surface area contributed by atoms with Crippen LogP contribution < -0.4 is 4.74 Å². The minimum atomic E-state index is -0.0446. The minimum absolute atomic E-state index is 0.0446. The van der Waals surface area contributed by atoms with E-state index in [0.717, 1.165) is 31.4 Å². The molecule has 1 aliphatic heterocycles. The summed E-state index contributed by atoms with van der Waals surface area (Å²) in [5.74, 6) is 0.706. The van der Waals surface area contributed by atoms with Crippen molar-refractivity contribution in [2.24, 2.45) is 4.99 Å². The molecule has 0 N–H and O–H groups in total. The molecule has 168 valence electrons. The Hall–Kier alpha value is -2.35. The van der Waals surface area contributed by atoms with Gasteiger partial charge in [0, 0.05) is 0 Å². The normalized spacial score (nSPS) is 16.1. The number of thioether (sulfide) groups is 1. The van der Waals surface area contributed by atoms with Gasteiger partial charge in [0.1, 0.15) is 5.75 Å². The van der Waals surface area contributed by atoms with Gasteiger partial charge in [0.25, 0.3) is 5.91 Å². The van der Waals surface area contributed by atoms with Crippen LogP contribution >= 0.6 is 43.6 Å². The average Bonchev–Trinajstić information content (AvgIpc) is 3.10. The fourth-order valence-electron chi connectivity index (χ4n) is 3.37. The van der Waals surface area contributed by atoms with Crippen molar-refractivity contribution in [3.8, 4) is 5.75 Å². The van der Waals surface area contributed by atoms with E-state index in [4.69, 9.17) is 9.73 Å². The first-order valence-corrected chi connectivity index (χ1v) is 12.9. The van der Waals surface area contributed by atoms with Gasteiger partial charge in [-0.05, 0) is 85.4 Å². The van der Waals surface area contributed by atoms with E-state index < -0.39 is 0 Å². The van der Waals surface area contributed by atoms with Crippen LogP contribution in [-0.4, -0.2) is 22.6 Å². The summed E-state index contributed by atoms with van der Waals surface area (Å²) < 4.78 is 7.34. The van der Waals surface area contributed by atoms with Gasteiger partial charge in [-0.1, -0.05) is 60.7 Å². The van der Waals surface area contributed by atoms with Crippen LogP contribution in [0.1, 0.15) is 23.6 Å². The predicted octanol–water partition coefficient (Wildman–Crippen LogP) is 7.28. The van der Waals surface area contributed by atoms with Gasteiger partial charge in [0.15, 0.2) is 5.17 Å². The maximum atomic E-state index is 13.4. The lowest BCUT2D eigenvalue weighted by Crippen LogP contribution is -2.28. The molecule has 1 heterocycles. The van der Waals surface area contributed by atoms with Crippen molar-refractivity contribution in [3.63, 3.8) is 0 Å². The lowest BCUT2D eigenvalue weighted by Gasteiger charge is -2.15. The molecule has 0 unspecified atom stereocenters. The number of hydrogen-bond acceptors (Lipinski definition) is 4. The first-order valence-electron chi connectivity index (χ1n) is 10.5. The summed E-state index contributed by atoms with van der Waals surface area (Å²) in [7, 11) is 0. The number of nitrogens with zero attached hydrogens (tertiary/aromatic N) is 2. The molecule has 7 heteroatoms. The van der Waals surface area contributed by atoms with Gasteiger partial charge in [0.05, 0.1) is 33.5 Å². The maximum Gasteiger partial charge on any atom is 0.267 e. The monoisotopic (exact) mass is 584 g/mol. The lowest BCUT2D eigenvalue weighted by atomic mass is 10.2. The van der Waals surface area contributed by atoms with Crippen molar-refractivity contribution < 1.29 is 9.53 Å². The summed E-state index contributed by atoms with van der Waals surface area (Å²) in [6.45, 7) is 3.52. The first-order chi connectivity index (χ1) is 16.0. The number of benzene rings is 3. The summed E-state index contributed by atoms with van der Waals surface area (Å²) in [5.41, 5.74) is 3.07. The molecule has 0 spiro atoms. The van der Waals surface area contributed by atoms with E-state index in [1.807, 2.05) is 85.8 Å². The second-order valence-electron chi connectivity index (χ2n) is 7.32. The third-order valence-electron chi connectivity index (χ3n) is 4.92. The third-order valence-corrected chi connectivity index (χ3v) is 7.14. The number of amides is 1. The molecule has 0 atom stereocenters. The highest BCUT2D eigenvalue weighted by Gasteiger charge is 2.33. The van der Waals surface area contributed by atoms with Crippen LogP contribution in [0.3, 0.4) is 0 Å². The van der Waals surface area contributed by atoms with E-state index >= 15 is 0 Å². The molecule has 33 heavy (non-hydrogen) atoms. The molecule has 1 saturated heterocycles. The second kappa shape index (κ2) is 11.2. The number of halogens is 2. The Morgan fingerprint density at radius 2 is 1.58 bits per heavy atom. The number of hydrogen-bond donors (Lipinski definition) is 0. The largest absolute Gasteiger partial charge is 0.492 e. The van der Waals surface area contributed by atoms with Crippen molar-refractivity contribution >= 4 is 60.8 Å². The van der Waals surface area contributed by atoms with Crippen molar-refractivity contribution in [1.82, 2.24) is 4.90 Å². The van der Waals surface area contributed by atoms with Gasteiger partial charge in [-0.2, -0.15) is 0 Å². The summed E-state index contributed by atoms with van der Waals surface area (Å²) in [6.07, 6.45) is 1.90. The number of ether oxygens (including phenoxy) is 1. The number of carbonyl (C=O) groups excluding carboxylic acids is 1. The fourth-order valence-corrected chi connectivity index (χ4v) is 5.80. The Bertz CT molecular complexity index is 1170. The zero-order valence-electron chi connectivity index (χ0n) is 18.0. The van der Waals surface area contributed by atoms with Gasteiger partial charge >= 0.3 is 0 Å². The van der Waals surface area contributed by atoms with Gasteiger partial charge < -0.3 is 4.74 Å². The van der Waals surface area contributed by atoms with Crippen molar-refractivity contribution in [3.05, 3.63) is 103 Å². The molecule has 1 fully saturated rings. The number of amidine groups is 1. The quantitative estimate of drug-likeness (QED) is 0.274. The number of carbonyl (C=O) groups is 1. The molecule has 4 nitrogen and oxygen atoms in total. The highest BCUT2D eigenvalue weighted by molar-refractivity contribution is 9.11. The summed E-state index contributed by atoms with van der Waals surface area (Å²) >= 11 is 8.56. The van der Waals surface area contributed by atoms with E-state index in [0.29, 0.717) is 29.8 Å². The zero-order valence-corrected chi connectivity index (χ0v) is 22.0. The van der Waals surface area contributed by atoms with Crippen molar-refractivity contribution in [2.45, 2.75) is 20.0 Å². The molecular formula is C26H22Br2N2O2S. The molecule has 0 saturated carbocycles. The molecule has 0 bridgehead atoms. The Morgan fingerprint density at radius 1 is 0.970 bits per heavy atom. The SMILES string of the molecule is CCOc1c(Br)cc(/C=C2/SC(=NCc3ccccc3)N(Cc3ccccc3)C2=O)cc1Br. The Morgan fingerprint density at radius 3 is 2.18 bits per heavy atom. The summed E-state index contributed by atoms with van der Waals surface area (Å²) in [6, 6.07) is 24.0. The molecule has 4 rings (SSSR count). The molecule has 3 aromatic rings. The van der Waals surface area contributed by atoms with Crippen LogP contribution in [0.2, 0.25) is 0 Å². The molecule has 1 amide bonds. The average molecular weight is 586 g/mol.